The molecule has 20 heavy (non-hydrogen) atoms. The van der Waals surface area contributed by atoms with Crippen molar-refractivity contribution in [2.75, 3.05) is 5.43 Å². The third-order valence-electron chi connectivity index (χ3n) is 2.50. The number of carbonyl (C=O) groups is 1. The standard InChI is InChI=1S/C15H10ClN3O/c16-12-8-6-11(7-9-12)15(20)14(10-17)19-18-13-4-2-1-3-5-13/h1-9,18H. The highest BCUT2D eigenvalue weighted by atomic mass is 35.5. The number of benzene rings is 2. The number of nitrogens with one attached hydrogen (secondary N) is 1. The average molecular weight is 284 g/mol. The Morgan fingerprint density at radius 1 is 1.10 bits per heavy atom. The van der Waals surface area contributed by atoms with Crippen LogP contribution in [0.2, 0.25) is 5.02 Å². The van der Waals surface area contributed by atoms with Gasteiger partial charge in [-0.2, -0.15) is 10.4 Å². The van der Waals surface area contributed by atoms with Gasteiger partial charge in [0.05, 0.1) is 5.69 Å². The highest BCUT2D eigenvalue weighted by Gasteiger charge is 2.13. The van der Waals surface area contributed by atoms with E-state index in [1.165, 1.54) is 0 Å². The Balaban J connectivity index is 2.18. The second-order valence-electron chi connectivity index (χ2n) is 3.89. The van der Waals surface area contributed by atoms with Crippen molar-refractivity contribution in [2.45, 2.75) is 0 Å². The van der Waals surface area contributed by atoms with Gasteiger partial charge in [-0.3, -0.25) is 10.2 Å². The molecule has 98 valence electrons. The molecule has 2 rings (SSSR count). The molecule has 0 aliphatic rings. The lowest BCUT2D eigenvalue weighted by molar-refractivity contribution is 0.106. The van der Waals surface area contributed by atoms with Crippen LogP contribution in [0, 0.1) is 11.3 Å². The topological polar surface area (TPSA) is 65.2 Å². The van der Waals surface area contributed by atoms with Gasteiger partial charge >= 0.3 is 0 Å². The number of rotatable bonds is 4. The molecule has 0 saturated carbocycles. The van der Waals surface area contributed by atoms with Gasteiger partial charge in [0.15, 0.2) is 0 Å². The lowest BCUT2D eigenvalue weighted by Gasteiger charge is -2.01. The van der Waals surface area contributed by atoms with Gasteiger partial charge in [0.1, 0.15) is 6.07 Å². The number of ketones is 1. The summed E-state index contributed by atoms with van der Waals surface area (Å²) in [6, 6.07) is 17.2. The van der Waals surface area contributed by atoms with E-state index in [9.17, 15) is 4.79 Å². The summed E-state index contributed by atoms with van der Waals surface area (Å²) in [4.78, 5) is 12.1. The van der Waals surface area contributed by atoms with E-state index in [2.05, 4.69) is 10.5 Å². The highest BCUT2D eigenvalue weighted by molar-refractivity contribution is 6.51. The highest BCUT2D eigenvalue weighted by Crippen LogP contribution is 2.11. The summed E-state index contributed by atoms with van der Waals surface area (Å²) in [6.45, 7) is 0. The fourth-order valence-corrected chi connectivity index (χ4v) is 1.62. The van der Waals surface area contributed by atoms with Crippen molar-refractivity contribution >= 4 is 28.8 Å². The molecule has 0 radical (unpaired) electrons. The van der Waals surface area contributed by atoms with Gasteiger partial charge in [-0.05, 0) is 36.4 Å². The van der Waals surface area contributed by atoms with Crippen LogP contribution in [-0.2, 0) is 0 Å². The van der Waals surface area contributed by atoms with E-state index >= 15 is 0 Å². The third-order valence-corrected chi connectivity index (χ3v) is 2.75. The molecule has 4 nitrogen and oxygen atoms in total. The van der Waals surface area contributed by atoms with Crippen molar-refractivity contribution in [3.63, 3.8) is 0 Å². The van der Waals surface area contributed by atoms with Gasteiger partial charge in [0.2, 0.25) is 11.5 Å². The van der Waals surface area contributed by atoms with Gasteiger partial charge in [-0.15, -0.1) is 0 Å². The summed E-state index contributed by atoms with van der Waals surface area (Å²) in [5.41, 5.74) is 3.53. The summed E-state index contributed by atoms with van der Waals surface area (Å²) < 4.78 is 0. The molecule has 0 fully saturated rings. The molecule has 0 heterocycles. The predicted molar refractivity (Wildman–Crippen MR) is 78.9 cm³/mol. The molecule has 0 bridgehead atoms. The number of hydrazone groups is 1. The first-order valence-corrected chi connectivity index (χ1v) is 6.17. The summed E-state index contributed by atoms with van der Waals surface area (Å²) in [5, 5.41) is 13.4. The lowest BCUT2D eigenvalue weighted by Crippen LogP contribution is -2.14. The zero-order valence-corrected chi connectivity index (χ0v) is 11.1. The van der Waals surface area contributed by atoms with Crippen LogP contribution in [0.3, 0.4) is 0 Å². The quantitative estimate of drug-likeness (QED) is 0.530. The number of anilines is 1. The number of para-hydroxylation sites is 1. The fraction of sp³-hybridized carbons (Fsp3) is 0. The first-order chi connectivity index (χ1) is 9.70. The molecular formula is C15H10ClN3O. The Hall–Kier alpha value is -2.64. The molecule has 0 aliphatic heterocycles. The Kier molecular flexibility index (Phi) is 4.48. The van der Waals surface area contributed by atoms with Crippen LogP contribution in [0.5, 0.6) is 0 Å². The number of nitriles is 1. The zero-order chi connectivity index (χ0) is 14.4. The summed E-state index contributed by atoms with van der Waals surface area (Å²) in [6.07, 6.45) is 0. The number of halogens is 1. The Morgan fingerprint density at radius 3 is 2.35 bits per heavy atom. The average Bonchev–Trinajstić information content (AvgIpc) is 2.49. The van der Waals surface area contributed by atoms with Crippen LogP contribution in [0.1, 0.15) is 10.4 Å². The third kappa shape index (κ3) is 3.44. The van der Waals surface area contributed by atoms with Crippen molar-refractivity contribution in [2.24, 2.45) is 5.10 Å². The van der Waals surface area contributed by atoms with Crippen molar-refractivity contribution in [3.05, 3.63) is 65.2 Å². The van der Waals surface area contributed by atoms with Crippen LogP contribution in [0.25, 0.3) is 0 Å². The van der Waals surface area contributed by atoms with Gasteiger partial charge in [0, 0.05) is 10.6 Å². The van der Waals surface area contributed by atoms with Crippen molar-refractivity contribution in [3.8, 4) is 6.07 Å². The van der Waals surface area contributed by atoms with Crippen molar-refractivity contribution < 1.29 is 4.79 Å². The molecule has 5 heteroatoms. The summed E-state index contributed by atoms with van der Waals surface area (Å²) >= 11 is 5.75. The molecular weight excluding hydrogens is 274 g/mol. The van der Waals surface area contributed by atoms with Crippen LogP contribution in [-0.4, -0.2) is 11.5 Å². The lowest BCUT2D eigenvalue weighted by atomic mass is 10.1. The van der Waals surface area contributed by atoms with Crippen molar-refractivity contribution in [1.29, 1.82) is 5.26 Å². The summed E-state index contributed by atoms with van der Waals surface area (Å²) in [5.74, 6) is -0.451. The second kappa shape index (κ2) is 6.50. The Bertz CT molecular complexity index is 673. The minimum atomic E-state index is -0.451. The van der Waals surface area contributed by atoms with Gasteiger partial charge in [-0.1, -0.05) is 29.8 Å². The van der Waals surface area contributed by atoms with E-state index in [1.54, 1.807) is 42.5 Å². The van der Waals surface area contributed by atoms with E-state index in [4.69, 9.17) is 16.9 Å². The molecule has 2 aromatic carbocycles. The normalized spacial score (nSPS) is 10.7. The molecule has 2 aromatic rings. The number of carbonyl (C=O) groups excluding carboxylic acids is 1. The molecule has 0 unspecified atom stereocenters. The number of nitrogens with zero attached hydrogens (tertiary/aromatic N) is 2. The Labute approximate surface area is 121 Å². The maximum Gasteiger partial charge on any atom is 0.223 e. The molecule has 0 saturated heterocycles. The SMILES string of the molecule is N#CC(=NNc1ccccc1)C(=O)c1ccc(Cl)cc1. The maximum atomic E-state index is 12.1. The number of Topliss-reactive ketones (excluding diaryl/α,β-unsaturated/α-hetero) is 1. The van der Waals surface area contributed by atoms with Crippen LogP contribution >= 0.6 is 11.6 Å². The molecule has 0 amide bonds. The molecule has 0 atom stereocenters. The largest absolute Gasteiger partial charge is 0.286 e. The van der Waals surface area contributed by atoms with E-state index in [0.717, 1.165) is 0 Å². The van der Waals surface area contributed by atoms with Crippen LogP contribution < -0.4 is 5.43 Å². The van der Waals surface area contributed by atoms with Crippen LogP contribution in [0.4, 0.5) is 5.69 Å². The fourth-order valence-electron chi connectivity index (χ4n) is 1.50. The van der Waals surface area contributed by atoms with E-state index in [-0.39, 0.29) is 5.71 Å². The smallest absolute Gasteiger partial charge is 0.223 e. The first kappa shape index (κ1) is 13.8. The monoisotopic (exact) mass is 283 g/mol. The second-order valence-corrected chi connectivity index (χ2v) is 4.32. The van der Waals surface area contributed by atoms with Gasteiger partial charge in [0.25, 0.3) is 0 Å². The number of hydrogen-bond donors (Lipinski definition) is 1. The molecule has 1 N–H and O–H groups in total. The summed E-state index contributed by atoms with van der Waals surface area (Å²) in [7, 11) is 0. The molecule has 0 spiro atoms. The maximum absolute atomic E-state index is 12.1. The zero-order valence-electron chi connectivity index (χ0n) is 10.4. The van der Waals surface area contributed by atoms with Crippen LogP contribution in [0.15, 0.2) is 59.7 Å². The van der Waals surface area contributed by atoms with E-state index in [0.29, 0.717) is 16.3 Å². The van der Waals surface area contributed by atoms with Crippen molar-refractivity contribution in [1.82, 2.24) is 0 Å². The van der Waals surface area contributed by atoms with E-state index < -0.39 is 5.78 Å². The minimum absolute atomic E-state index is 0.212. The molecule has 0 aliphatic carbocycles. The Morgan fingerprint density at radius 2 is 1.75 bits per heavy atom. The van der Waals surface area contributed by atoms with Gasteiger partial charge in [-0.25, -0.2) is 0 Å². The first-order valence-electron chi connectivity index (χ1n) is 5.80. The minimum Gasteiger partial charge on any atom is -0.286 e. The van der Waals surface area contributed by atoms with Gasteiger partial charge < -0.3 is 0 Å². The molecule has 0 aromatic heterocycles. The number of hydrogen-bond acceptors (Lipinski definition) is 4. The van der Waals surface area contributed by atoms with E-state index in [1.807, 2.05) is 18.2 Å². The predicted octanol–water partition coefficient (Wildman–Crippen LogP) is 3.51.